The molecule has 0 spiro atoms. The van der Waals surface area contributed by atoms with E-state index in [-0.39, 0.29) is 38.7 Å². The van der Waals surface area contributed by atoms with Gasteiger partial charge in [-0.25, -0.2) is 0 Å². The summed E-state index contributed by atoms with van der Waals surface area (Å²) in [5.41, 5.74) is 4.19. The minimum absolute atomic E-state index is 0.0654. The average molecular weight is 744 g/mol. The lowest BCUT2D eigenvalue weighted by molar-refractivity contribution is -0.144. The Bertz CT molecular complexity index is 2040. The summed E-state index contributed by atoms with van der Waals surface area (Å²) < 4.78 is 5.70. The van der Waals surface area contributed by atoms with Gasteiger partial charge in [-0.1, -0.05) is 103 Å². The number of carboxylic acid groups (broad SMARTS) is 1. The summed E-state index contributed by atoms with van der Waals surface area (Å²) in [4.78, 5) is 68.9. The van der Waals surface area contributed by atoms with Gasteiger partial charge in [0.15, 0.2) is 12.4 Å². The van der Waals surface area contributed by atoms with Gasteiger partial charge in [-0.15, -0.1) is 11.3 Å². The highest BCUT2D eigenvalue weighted by molar-refractivity contribution is 7.09. The molecule has 54 heavy (non-hydrogen) atoms. The van der Waals surface area contributed by atoms with Crippen LogP contribution < -0.4 is 20.7 Å². The van der Waals surface area contributed by atoms with Crippen LogP contribution in [0.1, 0.15) is 28.0 Å². The van der Waals surface area contributed by atoms with Gasteiger partial charge < -0.3 is 25.8 Å². The molecule has 0 aliphatic carbocycles. The first kappa shape index (κ1) is 37.7. The third kappa shape index (κ3) is 10.5. The number of hydrogen-bond donors (Lipinski definition) is 4. The van der Waals surface area contributed by atoms with Crippen LogP contribution in [-0.2, 0) is 49.7 Å². The number of ketones is 1. The fraction of sp³-hybridized carbons (Fsp3) is 0.233. The number of thiophene rings is 1. The number of hydrogen-bond acceptors (Lipinski definition) is 7. The SMILES string of the molecule is O=C1COc2ccc(cc2)C[C@@H](C(=O)O)CC(=O)[C@@H](Cc2ccccc2)NC(=O)[C@@H](Cc2ccc(-c3ccccc3)cc2)NC(=O)[C@@H](Cc2cccs2)N1. The predicted octanol–water partition coefficient (Wildman–Crippen LogP) is 5.19. The largest absolute Gasteiger partial charge is 0.484 e. The lowest BCUT2D eigenvalue weighted by Crippen LogP contribution is -2.57. The number of aliphatic carboxylic acids is 1. The molecule has 0 saturated heterocycles. The Labute approximate surface area is 317 Å². The number of ether oxygens (including phenoxy) is 1. The van der Waals surface area contributed by atoms with Crippen LogP contribution in [0, 0.1) is 5.92 Å². The van der Waals surface area contributed by atoms with Crippen LogP contribution in [-0.4, -0.2) is 59.3 Å². The molecule has 4 atom stereocenters. The molecule has 2 aliphatic rings. The molecule has 10 nitrogen and oxygen atoms in total. The van der Waals surface area contributed by atoms with E-state index < -0.39 is 53.5 Å². The molecule has 5 aromatic rings. The van der Waals surface area contributed by atoms with Gasteiger partial charge in [-0.2, -0.15) is 0 Å². The lowest BCUT2D eigenvalue weighted by Gasteiger charge is -2.26. The molecule has 3 heterocycles. The monoisotopic (exact) mass is 743 g/mol. The summed E-state index contributed by atoms with van der Waals surface area (Å²) in [6, 6.07) is 33.7. The number of carboxylic acids is 1. The Morgan fingerprint density at radius 2 is 1.22 bits per heavy atom. The van der Waals surface area contributed by atoms with Crippen LogP contribution in [0.5, 0.6) is 5.75 Å². The van der Waals surface area contributed by atoms with Crippen molar-refractivity contribution >= 4 is 40.8 Å². The van der Waals surface area contributed by atoms with Crippen LogP contribution in [0.3, 0.4) is 0 Å². The minimum Gasteiger partial charge on any atom is -0.484 e. The molecule has 4 N–H and O–H groups in total. The second-order valence-electron chi connectivity index (χ2n) is 13.3. The molecule has 0 unspecified atom stereocenters. The minimum atomic E-state index is -1.15. The number of Topliss-reactive ketones (excluding diaryl/α,β-unsaturated/α-hetero) is 1. The van der Waals surface area contributed by atoms with E-state index in [9.17, 15) is 29.1 Å². The maximum absolute atomic E-state index is 14.3. The number of carbonyl (C=O) groups is 5. The molecule has 4 aromatic carbocycles. The number of amides is 3. The number of rotatable bonds is 8. The highest BCUT2D eigenvalue weighted by Gasteiger charge is 2.32. The van der Waals surface area contributed by atoms with Gasteiger partial charge in [0.1, 0.15) is 17.8 Å². The van der Waals surface area contributed by atoms with Gasteiger partial charge in [0, 0.05) is 24.1 Å². The highest BCUT2D eigenvalue weighted by atomic mass is 32.1. The smallest absolute Gasteiger partial charge is 0.307 e. The number of benzene rings is 4. The summed E-state index contributed by atoms with van der Waals surface area (Å²) in [5, 5.41) is 20.6. The van der Waals surface area contributed by atoms with E-state index in [1.54, 1.807) is 24.3 Å². The third-order valence-corrected chi connectivity index (χ3v) is 10.2. The number of carbonyl (C=O) groups excluding carboxylic acids is 4. The molecular formula is C43H41N3O7S. The van der Waals surface area contributed by atoms with Crippen LogP contribution >= 0.6 is 11.3 Å². The van der Waals surface area contributed by atoms with Gasteiger partial charge in [0.2, 0.25) is 11.8 Å². The van der Waals surface area contributed by atoms with Crippen LogP contribution in [0.4, 0.5) is 0 Å². The van der Waals surface area contributed by atoms with Crippen molar-refractivity contribution in [2.45, 2.75) is 50.2 Å². The first-order valence-corrected chi connectivity index (χ1v) is 18.7. The van der Waals surface area contributed by atoms with Crippen molar-refractivity contribution in [3.8, 4) is 16.9 Å². The van der Waals surface area contributed by atoms with Crippen molar-refractivity contribution in [1.29, 1.82) is 0 Å². The van der Waals surface area contributed by atoms with Crippen molar-refractivity contribution in [2.24, 2.45) is 5.92 Å². The molecule has 2 aliphatic heterocycles. The maximum Gasteiger partial charge on any atom is 0.307 e. The summed E-state index contributed by atoms with van der Waals surface area (Å²) in [5.74, 6) is -4.01. The molecule has 0 radical (unpaired) electrons. The van der Waals surface area contributed by atoms with E-state index in [1.165, 1.54) is 11.3 Å². The Morgan fingerprint density at radius 1 is 0.630 bits per heavy atom. The van der Waals surface area contributed by atoms with Gasteiger partial charge in [0.25, 0.3) is 5.91 Å². The Hall–Kier alpha value is -6.07. The van der Waals surface area contributed by atoms with E-state index in [4.69, 9.17) is 4.74 Å². The first-order valence-electron chi connectivity index (χ1n) is 17.8. The average Bonchev–Trinajstić information content (AvgIpc) is 3.70. The molecule has 1 aromatic heterocycles. The quantitative estimate of drug-likeness (QED) is 0.160. The summed E-state index contributed by atoms with van der Waals surface area (Å²) in [7, 11) is 0. The molecular weight excluding hydrogens is 703 g/mol. The zero-order chi connectivity index (χ0) is 37.9. The van der Waals surface area contributed by atoms with E-state index in [2.05, 4.69) is 16.0 Å². The maximum atomic E-state index is 14.3. The van der Waals surface area contributed by atoms with Crippen molar-refractivity contribution in [3.63, 3.8) is 0 Å². The summed E-state index contributed by atoms with van der Waals surface area (Å²) in [6.07, 6.45) is 0.108. The topological polar surface area (TPSA) is 151 Å². The van der Waals surface area contributed by atoms with Crippen LogP contribution in [0.25, 0.3) is 11.1 Å². The molecule has 11 heteroatoms. The zero-order valence-corrected chi connectivity index (χ0v) is 30.3. The van der Waals surface area contributed by atoms with Crippen LogP contribution in [0.2, 0.25) is 0 Å². The normalized spacial score (nSPS) is 20.0. The Morgan fingerprint density at radius 3 is 1.87 bits per heavy atom. The molecule has 0 saturated carbocycles. The number of fused-ring (bicyclic) bond motifs is 16. The van der Waals surface area contributed by atoms with Gasteiger partial charge in [0.05, 0.1) is 12.0 Å². The van der Waals surface area contributed by atoms with Crippen molar-refractivity contribution in [2.75, 3.05) is 6.61 Å². The van der Waals surface area contributed by atoms with E-state index in [0.717, 1.165) is 27.1 Å². The van der Waals surface area contributed by atoms with Crippen molar-refractivity contribution in [1.82, 2.24) is 16.0 Å². The lowest BCUT2D eigenvalue weighted by atomic mass is 9.90. The van der Waals surface area contributed by atoms with Gasteiger partial charge in [-0.3, -0.25) is 24.0 Å². The third-order valence-electron chi connectivity index (χ3n) is 9.33. The molecule has 0 fully saturated rings. The molecule has 2 bridgehead atoms. The summed E-state index contributed by atoms with van der Waals surface area (Å²) in [6.45, 7) is -0.376. The first-order chi connectivity index (χ1) is 26.2. The summed E-state index contributed by atoms with van der Waals surface area (Å²) >= 11 is 1.44. The molecule has 3 amide bonds. The van der Waals surface area contributed by atoms with Crippen LogP contribution in [0.15, 0.2) is 127 Å². The van der Waals surface area contributed by atoms with Crippen molar-refractivity contribution in [3.05, 3.63) is 148 Å². The fourth-order valence-corrected chi connectivity index (χ4v) is 7.16. The molecule has 7 rings (SSSR count). The van der Waals surface area contributed by atoms with E-state index in [0.29, 0.717) is 11.3 Å². The van der Waals surface area contributed by atoms with E-state index >= 15 is 0 Å². The predicted molar refractivity (Wildman–Crippen MR) is 206 cm³/mol. The van der Waals surface area contributed by atoms with Crippen molar-refractivity contribution < 1.29 is 33.8 Å². The Kier molecular flexibility index (Phi) is 12.6. The fourth-order valence-electron chi connectivity index (χ4n) is 6.41. The Balaban J connectivity index is 1.34. The molecule has 276 valence electrons. The second kappa shape index (κ2) is 18.1. The zero-order valence-electron chi connectivity index (χ0n) is 29.5. The van der Waals surface area contributed by atoms with Gasteiger partial charge in [-0.05, 0) is 64.2 Å². The highest BCUT2D eigenvalue weighted by Crippen LogP contribution is 2.22. The number of nitrogens with one attached hydrogen (secondary N) is 3. The second-order valence-corrected chi connectivity index (χ2v) is 14.4. The standard InChI is InChI=1S/C43H41N3O7S/c47-39-25-33(43(51)52)22-29-15-19-34(20-16-29)53-27-40(48)44-38(26-35-12-7-21-54-35)42(50)46-37(41(49)45-36(39)23-28-8-3-1-4-9-28)24-30-13-17-32(18-14-30)31-10-5-2-6-11-31/h1-21,33,36-38H,22-27H2,(H,44,48)(H,45,49)(H,46,50)(H,51,52)/t33-,36-,37-,38-/m1/s1. The van der Waals surface area contributed by atoms with Gasteiger partial charge >= 0.3 is 5.97 Å². The van der Waals surface area contributed by atoms with E-state index in [1.807, 2.05) is 102 Å².